The summed E-state index contributed by atoms with van der Waals surface area (Å²) in [4.78, 5) is 11.5. The lowest BCUT2D eigenvalue weighted by molar-refractivity contribution is 0.251. The van der Waals surface area contributed by atoms with E-state index in [1.807, 2.05) is 30.4 Å². The largest absolute Gasteiger partial charge is 0.338 e. The van der Waals surface area contributed by atoms with E-state index < -0.39 is 0 Å². The zero-order valence-corrected chi connectivity index (χ0v) is 11.2. The Bertz CT molecular complexity index is 377. The number of aryl methyl sites for hydroxylation is 1. The summed E-state index contributed by atoms with van der Waals surface area (Å²) in [7, 11) is 0. The van der Waals surface area contributed by atoms with Crippen molar-refractivity contribution in [1.29, 1.82) is 0 Å². The van der Waals surface area contributed by atoms with Crippen LogP contribution in [0.3, 0.4) is 0 Å². The van der Waals surface area contributed by atoms with Crippen LogP contribution in [0.2, 0.25) is 0 Å². The molecule has 1 aliphatic heterocycles. The highest BCUT2D eigenvalue weighted by Crippen LogP contribution is 2.23. The summed E-state index contributed by atoms with van der Waals surface area (Å²) >= 11 is 3.86. The number of hydrogen-bond donors (Lipinski definition) is 2. The Labute approximate surface area is 108 Å². The average Bonchev–Trinajstić information content (AvgIpc) is 2.73. The second-order valence-electron chi connectivity index (χ2n) is 3.74. The molecule has 2 amide bonds. The van der Waals surface area contributed by atoms with E-state index in [0.29, 0.717) is 17.7 Å². The zero-order chi connectivity index (χ0) is 12.1. The van der Waals surface area contributed by atoms with Crippen LogP contribution in [0, 0.1) is 6.92 Å². The number of hydrogen-bond acceptors (Lipinski definition) is 5. The Morgan fingerprint density at radius 1 is 1.65 bits per heavy atom. The topological polar surface area (TPSA) is 67.2 Å². The van der Waals surface area contributed by atoms with Crippen LogP contribution < -0.4 is 10.6 Å². The summed E-state index contributed by atoms with van der Waals surface area (Å²) in [5.41, 5.74) is 0.750. The molecule has 0 unspecified atom stereocenters. The summed E-state index contributed by atoms with van der Waals surface area (Å²) < 4.78 is 4.90. The molecule has 0 aliphatic carbocycles. The first-order chi connectivity index (χ1) is 8.24. The second kappa shape index (κ2) is 6.20. The molecule has 94 valence electrons. The molecule has 1 aromatic heterocycles. The molecular formula is C10H15N3O2S2. The highest BCUT2D eigenvalue weighted by atomic mass is 32.2. The molecule has 1 fully saturated rings. The Hall–Kier alpha value is -0.820. The molecule has 5 nitrogen and oxygen atoms in total. The van der Waals surface area contributed by atoms with E-state index in [4.69, 9.17) is 4.52 Å². The van der Waals surface area contributed by atoms with Gasteiger partial charge in [-0.1, -0.05) is 5.16 Å². The van der Waals surface area contributed by atoms with Gasteiger partial charge in [-0.3, -0.25) is 5.32 Å². The fourth-order valence-electron chi connectivity index (χ4n) is 1.44. The minimum Gasteiger partial charge on any atom is -0.338 e. The molecule has 1 aromatic rings. The maximum absolute atomic E-state index is 11.5. The Morgan fingerprint density at radius 2 is 2.53 bits per heavy atom. The number of carbonyl (C=O) groups is 1. The molecule has 1 atom stereocenters. The van der Waals surface area contributed by atoms with Gasteiger partial charge in [0, 0.05) is 35.1 Å². The Kier molecular flexibility index (Phi) is 4.61. The predicted molar refractivity (Wildman–Crippen MR) is 71.8 cm³/mol. The van der Waals surface area contributed by atoms with Gasteiger partial charge in [-0.05, 0) is 6.92 Å². The van der Waals surface area contributed by atoms with E-state index >= 15 is 0 Å². The minimum atomic E-state index is -0.239. The molecule has 0 aromatic carbocycles. The molecule has 2 heterocycles. The summed E-state index contributed by atoms with van der Waals surface area (Å²) in [5, 5.41) is 9.65. The summed E-state index contributed by atoms with van der Waals surface area (Å²) in [5.74, 6) is 3.86. The highest BCUT2D eigenvalue weighted by molar-refractivity contribution is 8.06. The fraction of sp³-hybridized carbons (Fsp3) is 0.600. The van der Waals surface area contributed by atoms with Crippen molar-refractivity contribution in [2.24, 2.45) is 0 Å². The predicted octanol–water partition coefficient (Wildman–Crippen LogP) is 1.95. The van der Waals surface area contributed by atoms with E-state index in [1.54, 1.807) is 6.07 Å². The molecule has 0 bridgehead atoms. The van der Waals surface area contributed by atoms with Crippen LogP contribution in [-0.2, 0) is 0 Å². The van der Waals surface area contributed by atoms with E-state index in [2.05, 4.69) is 15.8 Å². The molecule has 7 heteroatoms. The monoisotopic (exact) mass is 273 g/mol. The smallest absolute Gasteiger partial charge is 0.321 e. The molecule has 0 saturated carbocycles. The maximum atomic E-state index is 11.5. The minimum absolute atomic E-state index is 0.239. The van der Waals surface area contributed by atoms with Gasteiger partial charge >= 0.3 is 6.03 Å². The number of carbonyl (C=O) groups excluding carboxylic acids is 1. The van der Waals surface area contributed by atoms with Crippen LogP contribution in [-0.4, -0.2) is 40.2 Å². The van der Waals surface area contributed by atoms with Gasteiger partial charge in [0.25, 0.3) is 0 Å². The molecule has 0 spiro atoms. The average molecular weight is 273 g/mol. The van der Waals surface area contributed by atoms with Crippen LogP contribution in [0.5, 0.6) is 0 Å². The van der Waals surface area contributed by atoms with Crippen molar-refractivity contribution >= 4 is 35.4 Å². The fourth-order valence-corrected chi connectivity index (χ4v) is 4.05. The lowest BCUT2D eigenvalue weighted by Crippen LogP contribution is -2.36. The highest BCUT2D eigenvalue weighted by Gasteiger charge is 2.15. The van der Waals surface area contributed by atoms with E-state index in [1.165, 1.54) is 11.5 Å². The van der Waals surface area contributed by atoms with Gasteiger partial charge in [-0.2, -0.15) is 23.5 Å². The van der Waals surface area contributed by atoms with Crippen LogP contribution >= 0.6 is 23.5 Å². The normalized spacial score (nSPS) is 19.9. The van der Waals surface area contributed by atoms with Crippen LogP contribution in [0.25, 0.3) is 0 Å². The van der Waals surface area contributed by atoms with Gasteiger partial charge < -0.3 is 9.84 Å². The number of aromatic nitrogens is 1. The third kappa shape index (κ3) is 4.16. The van der Waals surface area contributed by atoms with Crippen molar-refractivity contribution in [1.82, 2.24) is 10.5 Å². The van der Waals surface area contributed by atoms with Crippen molar-refractivity contribution in [3.8, 4) is 0 Å². The number of thioether (sulfide) groups is 2. The molecule has 1 aliphatic rings. The quantitative estimate of drug-likeness (QED) is 0.881. The first-order valence-corrected chi connectivity index (χ1v) is 7.62. The van der Waals surface area contributed by atoms with Gasteiger partial charge in [0.1, 0.15) is 0 Å². The number of rotatable bonds is 3. The SMILES string of the molecule is Cc1cc(NC(=O)NC[C@H]2CSCCS2)on1. The first-order valence-electron chi connectivity index (χ1n) is 5.41. The molecule has 17 heavy (non-hydrogen) atoms. The van der Waals surface area contributed by atoms with Crippen molar-refractivity contribution in [2.75, 3.05) is 29.1 Å². The third-order valence-electron chi connectivity index (χ3n) is 2.24. The third-order valence-corrected chi connectivity index (χ3v) is 5.08. The Morgan fingerprint density at radius 3 is 3.18 bits per heavy atom. The van der Waals surface area contributed by atoms with Crippen LogP contribution in [0.1, 0.15) is 5.69 Å². The molecule has 2 rings (SSSR count). The molecular weight excluding hydrogens is 258 g/mol. The second-order valence-corrected chi connectivity index (χ2v) is 6.29. The van der Waals surface area contributed by atoms with Crippen molar-refractivity contribution in [2.45, 2.75) is 12.2 Å². The lowest BCUT2D eigenvalue weighted by atomic mass is 10.4. The zero-order valence-electron chi connectivity index (χ0n) is 9.56. The summed E-state index contributed by atoms with van der Waals surface area (Å²) in [6.45, 7) is 2.50. The number of urea groups is 1. The molecule has 2 N–H and O–H groups in total. The van der Waals surface area contributed by atoms with Crippen LogP contribution in [0.4, 0.5) is 10.7 Å². The lowest BCUT2D eigenvalue weighted by Gasteiger charge is -2.20. The summed E-state index contributed by atoms with van der Waals surface area (Å²) in [6.07, 6.45) is 0. The van der Waals surface area contributed by atoms with Gasteiger partial charge in [0.15, 0.2) is 0 Å². The number of nitrogens with one attached hydrogen (secondary N) is 2. The van der Waals surface area contributed by atoms with Gasteiger partial charge in [-0.25, -0.2) is 4.79 Å². The van der Waals surface area contributed by atoms with Gasteiger partial charge in [0.05, 0.1) is 5.69 Å². The first kappa shape index (κ1) is 12.6. The van der Waals surface area contributed by atoms with Crippen molar-refractivity contribution in [3.63, 3.8) is 0 Å². The number of anilines is 1. The van der Waals surface area contributed by atoms with Crippen molar-refractivity contribution < 1.29 is 9.32 Å². The number of amides is 2. The summed E-state index contributed by atoms with van der Waals surface area (Å²) in [6, 6.07) is 1.45. The Balaban J connectivity index is 1.70. The van der Waals surface area contributed by atoms with E-state index in [0.717, 1.165) is 11.4 Å². The van der Waals surface area contributed by atoms with Crippen molar-refractivity contribution in [3.05, 3.63) is 11.8 Å². The standard InChI is InChI=1S/C10H15N3O2S2/c1-7-4-9(15-13-7)12-10(14)11-5-8-6-16-2-3-17-8/h4,8H,2-3,5-6H2,1H3,(H2,11,12,14)/t8-/m0/s1. The van der Waals surface area contributed by atoms with Crippen LogP contribution in [0.15, 0.2) is 10.6 Å². The molecule has 0 radical (unpaired) electrons. The molecule has 1 saturated heterocycles. The maximum Gasteiger partial charge on any atom is 0.321 e. The van der Waals surface area contributed by atoms with Gasteiger partial charge in [-0.15, -0.1) is 0 Å². The number of nitrogens with zero attached hydrogens (tertiary/aromatic N) is 1. The van der Waals surface area contributed by atoms with E-state index in [9.17, 15) is 4.79 Å². The van der Waals surface area contributed by atoms with Gasteiger partial charge in [0.2, 0.25) is 5.88 Å². The van der Waals surface area contributed by atoms with E-state index in [-0.39, 0.29) is 6.03 Å².